The minimum absolute atomic E-state index is 0.0978. The first-order chi connectivity index (χ1) is 13.7. The summed E-state index contributed by atoms with van der Waals surface area (Å²) in [5.74, 6) is 0.294. The third-order valence-corrected chi connectivity index (χ3v) is 3.68. The van der Waals surface area contributed by atoms with Crippen LogP contribution in [0.2, 0.25) is 0 Å². The Labute approximate surface area is 162 Å². The van der Waals surface area contributed by atoms with Crippen LogP contribution >= 0.6 is 0 Å². The molecule has 2 aromatic carbocycles. The van der Waals surface area contributed by atoms with E-state index >= 15 is 0 Å². The predicted octanol–water partition coefficient (Wildman–Crippen LogP) is 4.25. The molecule has 0 radical (unpaired) electrons. The second-order valence-electron chi connectivity index (χ2n) is 5.61. The molecule has 0 aliphatic heterocycles. The molecule has 11 heteroatoms. The Morgan fingerprint density at radius 3 is 2.48 bits per heavy atom. The molecule has 1 aromatic heterocycles. The van der Waals surface area contributed by atoms with Crippen LogP contribution in [-0.2, 0) is 0 Å². The normalized spacial score (nSPS) is 11.6. The molecule has 0 bridgehead atoms. The van der Waals surface area contributed by atoms with Gasteiger partial charge in [0.15, 0.2) is 5.82 Å². The van der Waals surface area contributed by atoms with Gasteiger partial charge in [-0.15, -0.1) is 18.3 Å². The summed E-state index contributed by atoms with van der Waals surface area (Å²) in [5.41, 5.74) is 0.974. The number of nitro groups is 1. The van der Waals surface area contributed by atoms with Crippen LogP contribution in [0.5, 0.6) is 11.5 Å². The molecule has 0 atom stereocenters. The minimum Gasteiger partial charge on any atom is -0.496 e. The summed E-state index contributed by atoms with van der Waals surface area (Å²) in [4.78, 5) is 14.4. The molecule has 150 valence electrons. The number of nitro benzene ring substituents is 1. The topological polar surface area (TPSA) is 92.3 Å². The molecule has 1 heterocycles. The summed E-state index contributed by atoms with van der Waals surface area (Å²) >= 11 is 0. The Morgan fingerprint density at radius 1 is 1.14 bits per heavy atom. The average Bonchev–Trinajstić information content (AvgIpc) is 3.14. The summed E-state index contributed by atoms with van der Waals surface area (Å²) in [6.07, 6.45) is -0.165. The van der Waals surface area contributed by atoms with Gasteiger partial charge in [-0.3, -0.25) is 10.1 Å². The van der Waals surface area contributed by atoms with E-state index in [2.05, 4.69) is 14.8 Å². The van der Waals surface area contributed by atoms with Crippen LogP contribution in [0.15, 0.2) is 48.8 Å². The maximum atomic E-state index is 12.2. The van der Waals surface area contributed by atoms with Gasteiger partial charge in [-0.05, 0) is 42.5 Å². The summed E-state index contributed by atoms with van der Waals surface area (Å²) in [6, 6.07) is 9.33. The molecule has 0 spiro atoms. The summed E-state index contributed by atoms with van der Waals surface area (Å²) < 4.78 is 47.0. The smallest absolute Gasteiger partial charge is 0.496 e. The summed E-state index contributed by atoms with van der Waals surface area (Å²) in [7, 11) is 1.40. The highest BCUT2D eigenvalue weighted by atomic mass is 19.4. The van der Waals surface area contributed by atoms with Gasteiger partial charge in [0.05, 0.1) is 23.8 Å². The molecule has 0 fully saturated rings. The van der Waals surface area contributed by atoms with Gasteiger partial charge in [-0.1, -0.05) is 0 Å². The van der Waals surface area contributed by atoms with E-state index in [1.807, 2.05) is 0 Å². The number of methoxy groups -OCH3 is 1. The van der Waals surface area contributed by atoms with Crippen LogP contribution in [0.25, 0.3) is 17.8 Å². The van der Waals surface area contributed by atoms with Gasteiger partial charge in [-0.2, -0.15) is 0 Å². The van der Waals surface area contributed by atoms with Crippen LogP contribution in [0.3, 0.4) is 0 Å². The van der Waals surface area contributed by atoms with E-state index in [0.29, 0.717) is 22.8 Å². The molecule has 0 amide bonds. The summed E-state index contributed by atoms with van der Waals surface area (Å²) in [5, 5.41) is 15.0. The molecule has 0 unspecified atom stereocenters. The maximum Gasteiger partial charge on any atom is 0.573 e. The molecular weight excluding hydrogens is 393 g/mol. The lowest BCUT2D eigenvalue weighted by Gasteiger charge is -2.09. The number of halogens is 3. The van der Waals surface area contributed by atoms with Gasteiger partial charge < -0.3 is 9.47 Å². The van der Waals surface area contributed by atoms with Crippen molar-refractivity contribution in [1.82, 2.24) is 14.8 Å². The van der Waals surface area contributed by atoms with Gasteiger partial charge in [0.2, 0.25) is 0 Å². The Bertz CT molecular complexity index is 1050. The Morgan fingerprint density at radius 2 is 1.86 bits per heavy atom. The van der Waals surface area contributed by atoms with E-state index in [0.717, 1.165) is 0 Å². The lowest BCUT2D eigenvalue weighted by atomic mass is 10.1. The molecule has 0 aliphatic rings. The zero-order valence-electron chi connectivity index (χ0n) is 14.8. The number of benzene rings is 2. The zero-order chi connectivity index (χ0) is 21.0. The second kappa shape index (κ2) is 8.00. The van der Waals surface area contributed by atoms with Crippen molar-refractivity contribution in [2.75, 3.05) is 7.11 Å². The van der Waals surface area contributed by atoms with E-state index in [9.17, 15) is 23.3 Å². The Kier molecular flexibility index (Phi) is 5.48. The number of nitrogens with zero attached hydrogens (tertiary/aromatic N) is 4. The zero-order valence-corrected chi connectivity index (χ0v) is 14.8. The van der Waals surface area contributed by atoms with Gasteiger partial charge in [-0.25, -0.2) is 9.67 Å². The molecule has 3 aromatic rings. The lowest BCUT2D eigenvalue weighted by molar-refractivity contribution is -0.384. The predicted molar refractivity (Wildman–Crippen MR) is 96.6 cm³/mol. The number of alkyl halides is 3. The molecular formula is C18H13F3N4O4. The number of ether oxygens (including phenoxy) is 2. The van der Waals surface area contributed by atoms with Crippen LogP contribution in [0.4, 0.5) is 18.9 Å². The van der Waals surface area contributed by atoms with Crippen LogP contribution in [0.1, 0.15) is 11.4 Å². The highest BCUT2D eigenvalue weighted by Crippen LogP contribution is 2.26. The van der Waals surface area contributed by atoms with Crippen molar-refractivity contribution < 1.29 is 27.6 Å². The fraction of sp³-hybridized carbons (Fsp3) is 0.111. The van der Waals surface area contributed by atoms with Gasteiger partial charge >= 0.3 is 6.36 Å². The minimum atomic E-state index is -4.76. The first-order valence-corrected chi connectivity index (χ1v) is 8.03. The van der Waals surface area contributed by atoms with E-state index in [1.165, 1.54) is 60.6 Å². The Balaban J connectivity index is 1.76. The van der Waals surface area contributed by atoms with Crippen LogP contribution < -0.4 is 9.47 Å². The van der Waals surface area contributed by atoms with Crippen molar-refractivity contribution >= 4 is 17.8 Å². The standard InChI is InChI=1S/C18H13F3N4O4/c1-28-16-10-14(25(26)27)4-2-12(16)3-9-17-22-11-24(23-17)13-5-7-15(8-6-13)29-18(19,20)21/h2-11H,1H3/b9-3+. The Hall–Kier alpha value is -3.89. The lowest BCUT2D eigenvalue weighted by Crippen LogP contribution is -2.17. The number of hydrogen-bond acceptors (Lipinski definition) is 6. The molecule has 8 nitrogen and oxygen atoms in total. The third-order valence-electron chi connectivity index (χ3n) is 3.68. The molecule has 3 rings (SSSR count). The molecule has 0 N–H and O–H groups in total. The number of non-ortho nitro benzene ring substituents is 1. The fourth-order valence-corrected chi connectivity index (χ4v) is 2.39. The second-order valence-corrected chi connectivity index (χ2v) is 5.61. The third kappa shape index (κ3) is 5.09. The number of rotatable bonds is 6. The van der Waals surface area contributed by atoms with Crippen LogP contribution in [0, 0.1) is 10.1 Å². The van der Waals surface area contributed by atoms with E-state index in [-0.39, 0.29) is 11.4 Å². The van der Waals surface area contributed by atoms with E-state index in [4.69, 9.17) is 4.74 Å². The van der Waals surface area contributed by atoms with Crippen molar-refractivity contribution in [1.29, 1.82) is 0 Å². The van der Waals surface area contributed by atoms with Crippen molar-refractivity contribution in [3.05, 3.63) is 70.3 Å². The summed E-state index contributed by atoms with van der Waals surface area (Å²) in [6.45, 7) is 0. The van der Waals surface area contributed by atoms with E-state index in [1.54, 1.807) is 12.2 Å². The highest BCUT2D eigenvalue weighted by molar-refractivity contribution is 5.71. The fourth-order valence-electron chi connectivity index (χ4n) is 2.39. The average molecular weight is 406 g/mol. The van der Waals surface area contributed by atoms with Gasteiger partial charge in [0.25, 0.3) is 5.69 Å². The quantitative estimate of drug-likeness (QED) is 0.449. The molecule has 29 heavy (non-hydrogen) atoms. The van der Waals surface area contributed by atoms with Gasteiger partial charge in [0, 0.05) is 11.6 Å². The van der Waals surface area contributed by atoms with Crippen molar-refractivity contribution in [3.63, 3.8) is 0 Å². The van der Waals surface area contributed by atoms with Crippen molar-refractivity contribution in [2.24, 2.45) is 0 Å². The van der Waals surface area contributed by atoms with E-state index < -0.39 is 11.3 Å². The first kappa shape index (κ1) is 19.9. The van der Waals surface area contributed by atoms with Gasteiger partial charge in [0.1, 0.15) is 17.8 Å². The molecule has 0 aliphatic carbocycles. The van der Waals surface area contributed by atoms with Crippen molar-refractivity contribution in [3.8, 4) is 17.2 Å². The first-order valence-electron chi connectivity index (χ1n) is 8.03. The molecule has 0 saturated carbocycles. The monoisotopic (exact) mass is 406 g/mol. The van der Waals surface area contributed by atoms with Crippen LogP contribution in [-0.4, -0.2) is 33.2 Å². The highest BCUT2D eigenvalue weighted by Gasteiger charge is 2.30. The number of aromatic nitrogens is 3. The SMILES string of the molecule is COc1cc([N+](=O)[O-])ccc1/C=C/c1ncn(-c2ccc(OC(F)(F)F)cc2)n1. The maximum absolute atomic E-state index is 12.2. The number of hydrogen-bond donors (Lipinski definition) is 0. The van der Waals surface area contributed by atoms with Crippen molar-refractivity contribution in [2.45, 2.75) is 6.36 Å². The molecule has 0 saturated heterocycles. The largest absolute Gasteiger partial charge is 0.573 e.